The van der Waals surface area contributed by atoms with Crippen molar-refractivity contribution in [2.45, 2.75) is 30.7 Å². The van der Waals surface area contributed by atoms with E-state index in [-0.39, 0.29) is 22.8 Å². The second-order valence-electron chi connectivity index (χ2n) is 10.4. The van der Waals surface area contributed by atoms with Crippen molar-refractivity contribution in [2.24, 2.45) is 0 Å². The molecule has 8 nitrogen and oxygen atoms in total. The van der Waals surface area contributed by atoms with Crippen LogP contribution in [0.15, 0.2) is 95.9 Å². The summed E-state index contributed by atoms with van der Waals surface area (Å²) >= 11 is 0. The first-order valence-corrected chi connectivity index (χ1v) is 15.1. The summed E-state index contributed by atoms with van der Waals surface area (Å²) in [4.78, 5) is 31.1. The number of likely N-dealkylation sites (tertiary alicyclic amines) is 1. The van der Waals surface area contributed by atoms with Gasteiger partial charge in [0.1, 0.15) is 5.69 Å². The number of aromatic amines is 1. The summed E-state index contributed by atoms with van der Waals surface area (Å²) in [7, 11) is -3.87. The van der Waals surface area contributed by atoms with Gasteiger partial charge in [-0.3, -0.25) is 9.59 Å². The van der Waals surface area contributed by atoms with Crippen LogP contribution in [0.4, 0.5) is 5.69 Å². The van der Waals surface area contributed by atoms with E-state index in [1.807, 2.05) is 61.5 Å². The van der Waals surface area contributed by atoms with Crippen molar-refractivity contribution in [3.05, 3.63) is 108 Å². The molecule has 1 aliphatic rings. The van der Waals surface area contributed by atoms with E-state index in [2.05, 4.69) is 15.0 Å². The molecule has 41 heavy (non-hydrogen) atoms. The third-order valence-electron chi connectivity index (χ3n) is 7.68. The van der Waals surface area contributed by atoms with Gasteiger partial charge in [-0.2, -0.15) is 0 Å². The summed E-state index contributed by atoms with van der Waals surface area (Å²) in [6.07, 6.45) is 1.02. The number of amides is 2. The molecule has 0 bridgehead atoms. The Balaban J connectivity index is 1.16. The highest BCUT2D eigenvalue weighted by Crippen LogP contribution is 2.31. The van der Waals surface area contributed by atoms with Crippen molar-refractivity contribution in [1.82, 2.24) is 14.6 Å². The standard InChI is InChI=1S/C32H30N4O4S/c1-21-8-2-4-10-24(21)31(37)34-28-14-15-30(26-12-6-5-11-25(26)28)41(39,40)35-23-16-18-36(19-17-23)32(38)29-20-22-9-3-7-13-27(22)33-29/h2-15,20,23,33,35H,16-19H2,1H3,(H,34,37). The smallest absolute Gasteiger partial charge is 0.270 e. The normalized spacial score (nSPS) is 14.4. The molecular formula is C32H30N4O4S. The molecule has 3 N–H and O–H groups in total. The fourth-order valence-electron chi connectivity index (χ4n) is 5.47. The van der Waals surface area contributed by atoms with E-state index in [1.165, 1.54) is 6.07 Å². The van der Waals surface area contributed by atoms with Crippen LogP contribution in [0.3, 0.4) is 0 Å². The lowest BCUT2D eigenvalue weighted by Gasteiger charge is -2.32. The fraction of sp³-hybridized carbons (Fsp3) is 0.188. The quantitative estimate of drug-likeness (QED) is 0.253. The number of nitrogens with one attached hydrogen (secondary N) is 3. The van der Waals surface area contributed by atoms with E-state index in [0.29, 0.717) is 53.6 Å². The highest BCUT2D eigenvalue weighted by Gasteiger charge is 2.29. The van der Waals surface area contributed by atoms with Crippen molar-refractivity contribution in [3.8, 4) is 0 Å². The van der Waals surface area contributed by atoms with Gasteiger partial charge in [0.2, 0.25) is 10.0 Å². The first-order valence-electron chi connectivity index (χ1n) is 13.6. The van der Waals surface area contributed by atoms with E-state index in [0.717, 1.165) is 16.5 Å². The predicted molar refractivity (Wildman–Crippen MR) is 161 cm³/mol. The van der Waals surface area contributed by atoms with Crippen LogP contribution in [0.1, 0.15) is 39.3 Å². The Morgan fingerprint density at radius 3 is 2.29 bits per heavy atom. The summed E-state index contributed by atoms with van der Waals surface area (Å²) in [5, 5.41) is 5.08. The van der Waals surface area contributed by atoms with Gasteiger partial charge < -0.3 is 15.2 Å². The molecule has 0 spiro atoms. The van der Waals surface area contributed by atoms with Crippen LogP contribution in [0.25, 0.3) is 21.7 Å². The number of rotatable bonds is 6. The number of hydrogen-bond donors (Lipinski definition) is 3. The van der Waals surface area contributed by atoms with Gasteiger partial charge in [0.15, 0.2) is 0 Å². The van der Waals surface area contributed by atoms with Crippen molar-refractivity contribution in [1.29, 1.82) is 0 Å². The Bertz CT molecular complexity index is 1860. The molecule has 5 aromatic rings. The predicted octanol–water partition coefficient (Wildman–Crippen LogP) is 5.46. The summed E-state index contributed by atoms with van der Waals surface area (Å²) in [5.41, 5.74) is 3.39. The molecule has 6 rings (SSSR count). The van der Waals surface area contributed by atoms with Crippen LogP contribution in [-0.2, 0) is 10.0 Å². The molecule has 1 aromatic heterocycles. The number of hydrogen-bond acceptors (Lipinski definition) is 4. The molecule has 4 aromatic carbocycles. The number of aromatic nitrogens is 1. The molecule has 208 valence electrons. The van der Waals surface area contributed by atoms with Gasteiger partial charge in [0, 0.05) is 52.1 Å². The Hall–Kier alpha value is -4.47. The molecule has 0 aliphatic carbocycles. The molecule has 0 atom stereocenters. The number of sulfonamides is 1. The topological polar surface area (TPSA) is 111 Å². The lowest BCUT2D eigenvalue weighted by Crippen LogP contribution is -2.46. The van der Waals surface area contributed by atoms with E-state index >= 15 is 0 Å². The zero-order valence-corrected chi connectivity index (χ0v) is 23.4. The molecule has 1 aliphatic heterocycles. The third-order valence-corrected chi connectivity index (χ3v) is 9.25. The lowest BCUT2D eigenvalue weighted by atomic mass is 10.1. The maximum absolute atomic E-state index is 13.6. The number of anilines is 1. The van der Waals surface area contributed by atoms with Crippen LogP contribution in [0.5, 0.6) is 0 Å². The highest BCUT2D eigenvalue weighted by molar-refractivity contribution is 7.89. The summed E-state index contributed by atoms with van der Waals surface area (Å²) < 4.78 is 30.0. The average molecular weight is 567 g/mol. The maximum atomic E-state index is 13.6. The highest BCUT2D eigenvalue weighted by atomic mass is 32.2. The number of benzene rings is 4. The number of fused-ring (bicyclic) bond motifs is 2. The van der Waals surface area contributed by atoms with Gasteiger partial charge in [-0.25, -0.2) is 13.1 Å². The number of carbonyl (C=O) groups excluding carboxylic acids is 2. The number of aryl methyl sites for hydroxylation is 1. The average Bonchev–Trinajstić information content (AvgIpc) is 3.42. The molecule has 2 amide bonds. The third kappa shape index (κ3) is 5.33. The number of para-hydroxylation sites is 1. The number of H-pyrrole nitrogens is 1. The molecule has 9 heteroatoms. The molecule has 0 unspecified atom stereocenters. The van der Waals surface area contributed by atoms with Crippen LogP contribution >= 0.6 is 0 Å². The Kier molecular flexibility index (Phi) is 7.07. The van der Waals surface area contributed by atoms with Crippen molar-refractivity contribution in [2.75, 3.05) is 18.4 Å². The minimum Gasteiger partial charge on any atom is -0.351 e. The van der Waals surface area contributed by atoms with Gasteiger partial charge in [-0.1, -0.05) is 60.7 Å². The van der Waals surface area contributed by atoms with Gasteiger partial charge in [-0.05, 0) is 55.7 Å². The van der Waals surface area contributed by atoms with E-state index < -0.39 is 10.0 Å². The largest absolute Gasteiger partial charge is 0.351 e. The second kappa shape index (κ2) is 10.8. The van der Waals surface area contributed by atoms with E-state index in [4.69, 9.17) is 0 Å². The monoisotopic (exact) mass is 566 g/mol. The molecule has 0 saturated carbocycles. The van der Waals surface area contributed by atoms with Gasteiger partial charge >= 0.3 is 0 Å². The SMILES string of the molecule is Cc1ccccc1C(=O)Nc1ccc(S(=O)(=O)NC2CCN(C(=O)c3cc4ccccc4[nH]3)CC2)c2ccccc12. The second-order valence-corrected chi connectivity index (χ2v) is 12.1. The zero-order valence-electron chi connectivity index (χ0n) is 22.6. The molecule has 1 fully saturated rings. The summed E-state index contributed by atoms with van der Waals surface area (Å²) in [6, 6.07) is 26.9. The summed E-state index contributed by atoms with van der Waals surface area (Å²) in [6.45, 7) is 2.77. The molecule has 1 saturated heterocycles. The maximum Gasteiger partial charge on any atom is 0.270 e. The Morgan fingerprint density at radius 2 is 1.54 bits per heavy atom. The number of piperidine rings is 1. The molecular weight excluding hydrogens is 536 g/mol. The van der Waals surface area contributed by atoms with Crippen LogP contribution in [0.2, 0.25) is 0 Å². The van der Waals surface area contributed by atoms with Crippen LogP contribution in [0, 0.1) is 6.92 Å². The van der Waals surface area contributed by atoms with E-state index in [9.17, 15) is 18.0 Å². The van der Waals surface area contributed by atoms with Crippen molar-refractivity contribution >= 4 is 49.2 Å². The lowest BCUT2D eigenvalue weighted by molar-refractivity contribution is 0.0706. The van der Waals surface area contributed by atoms with E-state index in [1.54, 1.807) is 35.2 Å². The first kappa shape index (κ1) is 26.7. The van der Waals surface area contributed by atoms with Gasteiger partial charge in [0.25, 0.3) is 11.8 Å². The Morgan fingerprint density at radius 1 is 0.854 bits per heavy atom. The van der Waals surface area contributed by atoms with Crippen LogP contribution in [-0.4, -0.2) is 49.2 Å². The minimum absolute atomic E-state index is 0.0863. The first-order chi connectivity index (χ1) is 19.8. The van der Waals surface area contributed by atoms with Gasteiger partial charge in [-0.15, -0.1) is 0 Å². The summed E-state index contributed by atoms with van der Waals surface area (Å²) in [5.74, 6) is -0.340. The number of carbonyl (C=O) groups is 2. The van der Waals surface area contributed by atoms with Crippen LogP contribution < -0.4 is 10.0 Å². The fourth-order valence-corrected chi connectivity index (χ4v) is 6.99. The molecule has 2 heterocycles. The van der Waals surface area contributed by atoms with Crippen molar-refractivity contribution in [3.63, 3.8) is 0 Å². The van der Waals surface area contributed by atoms with Crippen molar-refractivity contribution < 1.29 is 18.0 Å². The zero-order chi connectivity index (χ0) is 28.6. The van der Waals surface area contributed by atoms with Gasteiger partial charge in [0.05, 0.1) is 4.90 Å². The Labute approximate surface area is 238 Å². The molecule has 0 radical (unpaired) electrons. The minimum atomic E-state index is -3.87. The number of nitrogens with zero attached hydrogens (tertiary/aromatic N) is 1.